The smallest absolute Gasteiger partial charge is 0.146 e. The van der Waals surface area contributed by atoms with E-state index in [1.807, 2.05) is 24.3 Å². The Morgan fingerprint density at radius 1 is 0.483 bits per heavy atom. The number of hydrogen-bond donors (Lipinski definition) is 0. The molecule has 5 aromatic heterocycles. The normalized spacial score (nSPS) is 12.8. The highest BCUT2D eigenvalue weighted by molar-refractivity contribution is 6.30. The van der Waals surface area contributed by atoms with Crippen LogP contribution in [0.15, 0.2) is 87.7 Å². The predicted octanol–water partition coefficient (Wildman–Crippen LogP) is 7.48. The second kappa shape index (κ2) is 4.53. The average molecular weight is 371 g/mol. The number of hydrogen-bond acceptors (Lipinski definition) is 2. The lowest BCUT2D eigenvalue weighted by Gasteiger charge is -2.11. The van der Waals surface area contributed by atoms with Crippen LogP contribution in [0.2, 0.25) is 0 Å². The first-order valence-electron chi connectivity index (χ1n) is 9.80. The quantitative estimate of drug-likeness (QED) is 0.276. The van der Waals surface area contributed by atoms with Crippen LogP contribution in [0.1, 0.15) is 0 Å². The van der Waals surface area contributed by atoms with E-state index in [2.05, 4.69) is 59.0 Å². The van der Waals surface area contributed by atoms with Crippen LogP contribution in [-0.4, -0.2) is 4.40 Å². The Hall–Kier alpha value is -3.98. The van der Waals surface area contributed by atoms with E-state index in [9.17, 15) is 0 Å². The van der Waals surface area contributed by atoms with Crippen LogP contribution in [0.25, 0.3) is 71.2 Å². The minimum atomic E-state index is 0.923. The van der Waals surface area contributed by atoms with Gasteiger partial charge < -0.3 is 13.2 Å². The standard InChI is InChI=1S/C26H13NO2/c1-3-10-20-14(6-1)22-18-12-13-19-23-15-7-2-4-11-21(15)29-26(23)17-9-5-8-16(25(22)28-20)24(17)27(18)19/h1-13H. The molecule has 8 aromatic rings. The fraction of sp³-hybridized carbons (Fsp3) is 0. The molecule has 0 N–H and O–H groups in total. The molecular weight excluding hydrogens is 358 g/mol. The maximum absolute atomic E-state index is 6.37. The molecule has 0 aliphatic heterocycles. The molecule has 5 heterocycles. The second-order valence-corrected chi connectivity index (χ2v) is 7.75. The van der Waals surface area contributed by atoms with E-state index in [4.69, 9.17) is 8.83 Å². The topological polar surface area (TPSA) is 30.7 Å². The predicted molar refractivity (Wildman–Crippen MR) is 118 cm³/mol. The zero-order valence-electron chi connectivity index (χ0n) is 15.3. The summed E-state index contributed by atoms with van der Waals surface area (Å²) in [6.45, 7) is 0. The van der Waals surface area contributed by atoms with Gasteiger partial charge in [-0.25, -0.2) is 0 Å². The second-order valence-electron chi connectivity index (χ2n) is 7.75. The van der Waals surface area contributed by atoms with E-state index >= 15 is 0 Å². The molecule has 0 bridgehead atoms. The molecule has 0 amide bonds. The summed E-state index contributed by atoms with van der Waals surface area (Å²) in [6.07, 6.45) is 0. The summed E-state index contributed by atoms with van der Waals surface area (Å²) in [7, 11) is 0. The van der Waals surface area contributed by atoms with Crippen molar-refractivity contribution in [2.24, 2.45) is 0 Å². The number of pyridine rings is 2. The largest absolute Gasteiger partial charge is 0.455 e. The Morgan fingerprint density at radius 2 is 0.966 bits per heavy atom. The Kier molecular flexibility index (Phi) is 2.20. The van der Waals surface area contributed by atoms with Gasteiger partial charge in [-0.05, 0) is 36.4 Å². The summed E-state index contributed by atoms with van der Waals surface area (Å²) < 4.78 is 15.1. The van der Waals surface area contributed by atoms with Crippen LogP contribution >= 0.6 is 0 Å². The monoisotopic (exact) mass is 371 g/mol. The van der Waals surface area contributed by atoms with Gasteiger partial charge in [0.15, 0.2) is 0 Å². The van der Waals surface area contributed by atoms with E-state index in [1.54, 1.807) is 0 Å². The number of benzene rings is 3. The van der Waals surface area contributed by atoms with Crippen molar-refractivity contribution in [1.29, 1.82) is 0 Å². The van der Waals surface area contributed by atoms with Gasteiger partial charge in [0.05, 0.1) is 27.3 Å². The van der Waals surface area contributed by atoms with Crippen molar-refractivity contribution in [3.63, 3.8) is 0 Å². The number of aromatic nitrogens is 1. The van der Waals surface area contributed by atoms with Crippen LogP contribution in [0.3, 0.4) is 0 Å². The van der Waals surface area contributed by atoms with Gasteiger partial charge in [0, 0.05) is 21.5 Å². The van der Waals surface area contributed by atoms with E-state index in [1.165, 1.54) is 21.8 Å². The zero-order chi connectivity index (χ0) is 18.7. The van der Waals surface area contributed by atoms with Gasteiger partial charge in [0.25, 0.3) is 0 Å². The average Bonchev–Trinajstić information content (AvgIpc) is 3.46. The van der Waals surface area contributed by atoms with E-state index in [0.717, 1.165) is 49.4 Å². The summed E-state index contributed by atoms with van der Waals surface area (Å²) in [6, 6.07) is 27.4. The van der Waals surface area contributed by atoms with Gasteiger partial charge >= 0.3 is 0 Å². The number of fused-ring (bicyclic) bond motifs is 10. The minimum Gasteiger partial charge on any atom is -0.455 e. The molecule has 3 aromatic carbocycles. The van der Waals surface area contributed by atoms with Crippen LogP contribution < -0.4 is 0 Å². The number of para-hydroxylation sites is 3. The molecule has 0 radical (unpaired) electrons. The molecule has 0 saturated carbocycles. The summed E-state index contributed by atoms with van der Waals surface area (Å²) in [4.78, 5) is 0. The number of furan rings is 2. The number of nitrogens with zero attached hydrogens (tertiary/aromatic N) is 1. The van der Waals surface area contributed by atoms with Crippen molar-refractivity contribution in [2.45, 2.75) is 0 Å². The maximum atomic E-state index is 6.37. The van der Waals surface area contributed by atoms with Crippen LogP contribution in [0.4, 0.5) is 0 Å². The Bertz CT molecular complexity index is 1780. The molecule has 8 rings (SSSR count). The van der Waals surface area contributed by atoms with E-state index in [-0.39, 0.29) is 0 Å². The van der Waals surface area contributed by atoms with Crippen LogP contribution in [-0.2, 0) is 0 Å². The molecule has 0 fully saturated rings. The van der Waals surface area contributed by atoms with Gasteiger partial charge in [-0.15, -0.1) is 0 Å². The van der Waals surface area contributed by atoms with Crippen molar-refractivity contribution < 1.29 is 8.83 Å². The molecule has 0 unspecified atom stereocenters. The van der Waals surface area contributed by atoms with Crippen LogP contribution in [0.5, 0.6) is 0 Å². The van der Waals surface area contributed by atoms with E-state index < -0.39 is 0 Å². The van der Waals surface area contributed by atoms with Gasteiger partial charge in [0.2, 0.25) is 0 Å². The summed E-state index contributed by atoms with van der Waals surface area (Å²) >= 11 is 0. The Morgan fingerprint density at radius 3 is 1.52 bits per heavy atom. The molecule has 3 nitrogen and oxygen atoms in total. The van der Waals surface area contributed by atoms with Gasteiger partial charge in [-0.2, -0.15) is 0 Å². The SMILES string of the molecule is c1ccc2c(c1)oc1c3cccc4c5oc6ccccc6c5c5ccc(c21)n5c34. The third-order valence-corrected chi connectivity index (χ3v) is 6.33. The third-order valence-electron chi connectivity index (χ3n) is 6.33. The minimum absolute atomic E-state index is 0.923. The fourth-order valence-electron chi connectivity index (χ4n) is 5.20. The molecule has 0 saturated heterocycles. The maximum Gasteiger partial charge on any atom is 0.146 e. The molecule has 0 aliphatic rings. The fourth-order valence-corrected chi connectivity index (χ4v) is 5.20. The van der Waals surface area contributed by atoms with Gasteiger partial charge in [-0.1, -0.05) is 42.5 Å². The summed E-state index contributed by atoms with van der Waals surface area (Å²) in [5.41, 5.74) is 7.24. The highest BCUT2D eigenvalue weighted by atomic mass is 16.3. The molecule has 29 heavy (non-hydrogen) atoms. The van der Waals surface area contributed by atoms with Crippen LogP contribution in [0, 0.1) is 0 Å². The molecule has 0 spiro atoms. The van der Waals surface area contributed by atoms with Crippen molar-refractivity contribution >= 4 is 71.2 Å². The molecule has 0 aliphatic carbocycles. The third kappa shape index (κ3) is 1.47. The van der Waals surface area contributed by atoms with Crippen molar-refractivity contribution in [3.8, 4) is 0 Å². The highest BCUT2D eigenvalue weighted by Crippen LogP contribution is 2.45. The molecule has 3 heteroatoms. The highest BCUT2D eigenvalue weighted by Gasteiger charge is 2.23. The first-order chi connectivity index (χ1) is 14.4. The van der Waals surface area contributed by atoms with E-state index in [0.29, 0.717) is 0 Å². The number of rotatable bonds is 0. The molecular formula is C26H13NO2. The molecule has 134 valence electrons. The Balaban J connectivity index is 1.82. The van der Waals surface area contributed by atoms with Gasteiger partial charge in [-0.3, -0.25) is 0 Å². The van der Waals surface area contributed by atoms with Crippen molar-refractivity contribution in [3.05, 3.63) is 78.9 Å². The molecule has 0 atom stereocenters. The Labute approximate surface area is 163 Å². The lowest BCUT2D eigenvalue weighted by Crippen LogP contribution is -1.93. The van der Waals surface area contributed by atoms with Gasteiger partial charge in [0.1, 0.15) is 22.3 Å². The lowest BCUT2D eigenvalue weighted by molar-refractivity contribution is 0.672. The first-order valence-corrected chi connectivity index (χ1v) is 9.80. The first kappa shape index (κ1) is 14.1. The zero-order valence-corrected chi connectivity index (χ0v) is 15.3. The lowest BCUT2D eigenvalue weighted by atomic mass is 10.0. The van der Waals surface area contributed by atoms with Crippen molar-refractivity contribution in [1.82, 2.24) is 4.40 Å². The summed E-state index contributed by atoms with van der Waals surface area (Å²) in [5, 5.41) is 6.89. The summed E-state index contributed by atoms with van der Waals surface area (Å²) in [5.74, 6) is 0. The van der Waals surface area contributed by atoms with Crippen molar-refractivity contribution in [2.75, 3.05) is 0 Å².